The Bertz CT molecular complexity index is 1310. The number of nitrogens with zero attached hydrogens (tertiary/aromatic N) is 2. The molecule has 2 aromatic heterocycles. The largest absolute Gasteiger partial charge is 0.481 e. The lowest BCUT2D eigenvalue weighted by Crippen LogP contribution is -2.30. The molecule has 1 atom stereocenters. The number of rotatable bonds is 9. The van der Waals surface area contributed by atoms with Crippen molar-refractivity contribution in [3.05, 3.63) is 77.2 Å². The predicted octanol–water partition coefficient (Wildman–Crippen LogP) is 3.82. The summed E-state index contributed by atoms with van der Waals surface area (Å²) >= 11 is 0. The lowest BCUT2D eigenvalue weighted by atomic mass is 9.99. The number of aromatic nitrogens is 2. The van der Waals surface area contributed by atoms with Crippen molar-refractivity contribution >= 4 is 16.0 Å². The van der Waals surface area contributed by atoms with E-state index in [0.29, 0.717) is 22.9 Å². The average Bonchev–Trinajstić information content (AvgIpc) is 3.66. The molecule has 3 aromatic rings. The normalized spacial score (nSPS) is 14.4. The van der Waals surface area contributed by atoms with Gasteiger partial charge in [0, 0.05) is 24.0 Å². The first-order valence-electron chi connectivity index (χ1n) is 10.9. The molecule has 2 heterocycles. The molecule has 0 bridgehead atoms. The van der Waals surface area contributed by atoms with Crippen LogP contribution in [0.2, 0.25) is 0 Å². The molecule has 0 radical (unpaired) electrons. The number of hydrogen-bond acceptors (Lipinski definition) is 7. The summed E-state index contributed by atoms with van der Waals surface area (Å²) in [5, 5.41) is 3.14. The third-order valence-corrected chi connectivity index (χ3v) is 6.15. The zero-order chi connectivity index (χ0) is 24.3. The standard InChI is InChI=1S/C25H27N3O5S/c1-16-6-8-26-22(10-16)24(18-4-5-18)28-25(29)21-12-17(15-33-34(3,30)31)11-20(13-21)19-7-9-27-23(14-19)32-2/h6-14,18,24H,4-5,15H2,1-3H3,(H,28,29). The van der Waals surface area contributed by atoms with Gasteiger partial charge in [-0.3, -0.25) is 14.0 Å². The van der Waals surface area contributed by atoms with Gasteiger partial charge in [-0.1, -0.05) is 0 Å². The van der Waals surface area contributed by atoms with E-state index in [-0.39, 0.29) is 18.6 Å². The van der Waals surface area contributed by atoms with Crippen LogP contribution >= 0.6 is 0 Å². The van der Waals surface area contributed by atoms with E-state index in [1.54, 1.807) is 42.7 Å². The minimum atomic E-state index is -3.64. The molecule has 1 saturated carbocycles. The molecule has 1 fully saturated rings. The maximum absolute atomic E-state index is 13.4. The van der Waals surface area contributed by atoms with Crippen molar-refractivity contribution in [1.82, 2.24) is 15.3 Å². The van der Waals surface area contributed by atoms with E-state index in [4.69, 9.17) is 8.92 Å². The Morgan fingerprint density at radius 3 is 2.53 bits per heavy atom. The summed E-state index contributed by atoms with van der Waals surface area (Å²) in [6.07, 6.45) is 6.42. The Hall–Kier alpha value is -3.30. The van der Waals surface area contributed by atoms with Crippen LogP contribution in [0, 0.1) is 12.8 Å². The van der Waals surface area contributed by atoms with Gasteiger partial charge in [-0.25, -0.2) is 4.98 Å². The minimum absolute atomic E-state index is 0.180. The Balaban J connectivity index is 1.67. The van der Waals surface area contributed by atoms with Crippen molar-refractivity contribution in [2.24, 2.45) is 5.92 Å². The number of amides is 1. The minimum Gasteiger partial charge on any atom is -0.481 e. The maximum atomic E-state index is 13.4. The number of benzene rings is 1. The lowest BCUT2D eigenvalue weighted by molar-refractivity contribution is 0.0930. The van der Waals surface area contributed by atoms with Crippen molar-refractivity contribution in [3.8, 4) is 17.0 Å². The lowest BCUT2D eigenvalue weighted by Gasteiger charge is -2.19. The van der Waals surface area contributed by atoms with Gasteiger partial charge in [-0.05, 0) is 84.3 Å². The van der Waals surface area contributed by atoms with Crippen molar-refractivity contribution in [3.63, 3.8) is 0 Å². The first kappa shape index (κ1) is 23.8. The van der Waals surface area contributed by atoms with Crippen molar-refractivity contribution in [2.45, 2.75) is 32.4 Å². The second kappa shape index (κ2) is 9.90. The molecule has 8 nitrogen and oxygen atoms in total. The molecule has 0 saturated heterocycles. The summed E-state index contributed by atoms with van der Waals surface area (Å²) in [6.45, 7) is 1.82. The van der Waals surface area contributed by atoms with Crippen LogP contribution in [0.1, 0.15) is 46.1 Å². The van der Waals surface area contributed by atoms with E-state index in [1.165, 1.54) is 7.11 Å². The van der Waals surface area contributed by atoms with Crippen LogP contribution in [-0.4, -0.2) is 37.7 Å². The molecular formula is C25H27N3O5S. The number of ether oxygens (including phenoxy) is 1. The summed E-state index contributed by atoms with van der Waals surface area (Å²) in [5.74, 6) is 0.517. The van der Waals surface area contributed by atoms with E-state index in [9.17, 15) is 13.2 Å². The van der Waals surface area contributed by atoms with Crippen LogP contribution in [0.5, 0.6) is 5.88 Å². The highest BCUT2D eigenvalue weighted by Crippen LogP contribution is 2.40. The molecule has 1 aromatic carbocycles. The van der Waals surface area contributed by atoms with Crippen LogP contribution in [0.4, 0.5) is 0 Å². The molecule has 1 aliphatic carbocycles. The molecule has 9 heteroatoms. The Morgan fingerprint density at radius 1 is 1.09 bits per heavy atom. The summed E-state index contributed by atoms with van der Waals surface area (Å²) < 4.78 is 33.3. The fourth-order valence-corrected chi connectivity index (χ4v) is 4.12. The Labute approximate surface area is 199 Å². The van der Waals surface area contributed by atoms with Gasteiger partial charge in [-0.2, -0.15) is 8.42 Å². The third kappa shape index (κ3) is 6.18. The Morgan fingerprint density at radius 2 is 1.85 bits per heavy atom. The quantitative estimate of drug-likeness (QED) is 0.463. The van der Waals surface area contributed by atoms with Gasteiger partial charge in [0.15, 0.2) is 0 Å². The molecule has 0 spiro atoms. The second-order valence-corrected chi connectivity index (χ2v) is 10.2. The Kier molecular flexibility index (Phi) is 6.95. The van der Waals surface area contributed by atoms with Crippen LogP contribution in [0.15, 0.2) is 54.9 Å². The number of methoxy groups -OCH3 is 1. The number of carbonyl (C=O) groups excluding carboxylic acids is 1. The zero-order valence-electron chi connectivity index (χ0n) is 19.3. The summed E-state index contributed by atoms with van der Waals surface area (Å²) in [4.78, 5) is 22.0. The number of carbonyl (C=O) groups is 1. The highest BCUT2D eigenvalue weighted by molar-refractivity contribution is 7.85. The van der Waals surface area contributed by atoms with Crippen LogP contribution in [0.3, 0.4) is 0 Å². The van der Waals surface area contributed by atoms with Crippen molar-refractivity contribution < 1.29 is 22.1 Å². The summed E-state index contributed by atoms with van der Waals surface area (Å²) in [6, 6.07) is 12.5. The fraction of sp³-hybridized carbons (Fsp3) is 0.320. The second-order valence-electron chi connectivity index (χ2n) is 8.52. The van der Waals surface area contributed by atoms with Gasteiger partial charge in [0.2, 0.25) is 5.88 Å². The van der Waals surface area contributed by atoms with Crippen LogP contribution in [-0.2, 0) is 20.9 Å². The van der Waals surface area contributed by atoms with E-state index in [2.05, 4.69) is 15.3 Å². The molecule has 34 heavy (non-hydrogen) atoms. The van der Waals surface area contributed by atoms with Crippen molar-refractivity contribution in [2.75, 3.05) is 13.4 Å². The average molecular weight is 482 g/mol. The molecule has 178 valence electrons. The molecular weight excluding hydrogens is 454 g/mol. The number of hydrogen-bond donors (Lipinski definition) is 1. The van der Waals surface area contributed by atoms with Gasteiger partial charge in [-0.15, -0.1) is 0 Å². The van der Waals surface area contributed by atoms with E-state index >= 15 is 0 Å². The van der Waals surface area contributed by atoms with Crippen LogP contribution in [0.25, 0.3) is 11.1 Å². The molecule has 1 unspecified atom stereocenters. The molecule has 1 amide bonds. The van der Waals surface area contributed by atoms with E-state index < -0.39 is 10.1 Å². The third-order valence-electron chi connectivity index (χ3n) is 5.61. The van der Waals surface area contributed by atoms with E-state index in [0.717, 1.165) is 41.5 Å². The zero-order valence-corrected chi connectivity index (χ0v) is 20.1. The molecule has 1 N–H and O–H groups in total. The van der Waals surface area contributed by atoms with Crippen molar-refractivity contribution in [1.29, 1.82) is 0 Å². The predicted molar refractivity (Wildman–Crippen MR) is 128 cm³/mol. The number of nitrogens with one attached hydrogen (secondary N) is 1. The SMILES string of the molecule is COc1cc(-c2cc(COS(C)(=O)=O)cc(C(=O)NC(c3cc(C)ccn3)C3CC3)c2)ccn1. The van der Waals surface area contributed by atoms with Crippen LogP contribution < -0.4 is 10.1 Å². The van der Waals surface area contributed by atoms with Gasteiger partial charge in [0.1, 0.15) is 0 Å². The summed E-state index contributed by atoms with van der Waals surface area (Å²) in [5.41, 5.74) is 4.38. The van der Waals surface area contributed by atoms with Gasteiger partial charge >= 0.3 is 0 Å². The highest BCUT2D eigenvalue weighted by Gasteiger charge is 2.34. The van der Waals surface area contributed by atoms with Gasteiger partial charge in [0.05, 0.1) is 31.7 Å². The summed E-state index contributed by atoms with van der Waals surface area (Å²) in [7, 11) is -2.12. The highest BCUT2D eigenvalue weighted by atomic mass is 32.2. The first-order chi connectivity index (χ1) is 16.2. The van der Waals surface area contributed by atoms with Gasteiger partial charge in [0.25, 0.3) is 16.0 Å². The number of aryl methyl sites for hydroxylation is 1. The molecule has 1 aliphatic rings. The monoisotopic (exact) mass is 481 g/mol. The molecule has 0 aliphatic heterocycles. The maximum Gasteiger partial charge on any atom is 0.264 e. The number of pyridine rings is 2. The topological polar surface area (TPSA) is 107 Å². The van der Waals surface area contributed by atoms with E-state index in [1.807, 2.05) is 19.1 Å². The first-order valence-corrected chi connectivity index (χ1v) is 12.8. The molecule has 4 rings (SSSR count). The fourth-order valence-electron chi connectivity index (χ4n) is 3.77. The van der Waals surface area contributed by atoms with Gasteiger partial charge < -0.3 is 10.1 Å². The smallest absolute Gasteiger partial charge is 0.264 e.